The van der Waals surface area contributed by atoms with Crippen LogP contribution in [0, 0.1) is 0 Å². The lowest BCUT2D eigenvalue weighted by atomic mass is 9.87. The predicted molar refractivity (Wildman–Crippen MR) is 83.8 cm³/mol. The molecule has 0 spiro atoms. The molecule has 116 valence electrons. The maximum Gasteiger partial charge on any atom is 0.316 e. The van der Waals surface area contributed by atoms with E-state index in [4.69, 9.17) is 4.74 Å². The molecule has 0 radical (unpaired) electrons. The summed E-state index contributed by atoms with van der Waals surface area (Å²) in [5.74, 6) is 0.924. The maximum absolute atomic E-state index is 11.4. The first-order valence-corrected chi connectivity index (χ1v) is 7.47. The summed E-state index contributed by atoms with van der Waals surface area (Å²) in [5, 5.41) is 6.40. The zero-order chi connectivity index (χ0) is 15.2. The monoisotopic (exact) mass is 291 g/mol. The first-order chi connectivity index (χ1) is 10.1. The molecule has 2 N–H and O–H groups in total. The summed E-state index contributed by atoms with van der Waals surface area (Å²) in [5.41, 5.74) is 2.73. The van der Waals surface area contributed by atoms with Crippen LogP contribution in [0.25, 0.3) is 0 Å². The van der Waals surface area contributed by atoms with Crippen LogP contribution >= 0.6 is 0 Å². The van der Waals surface area contributed by atoms with Gasteiger partial charge in [0.05, 0.1) is 7.11 Å². The summed E-state index contributed by atoms with van der Waals surface area (Å²) in [6.07, 6.45) is 3.44. The van der Waals surface area contributed by atoms with Gasteiger partial charge in [-0.25, -0.2) is 4.79 Å². The first-order valence-electron chi connectivity index (χ1n) is 7.47. The highest BCUT2D eigenvalue weighted by atomic mass is 16.5. The number of urea groups is 1. The minimum absolute atomic E-state index is 0.0504. The summed E-state index contributed by atoms with van der Waals surface area (Å²) < 4.78 is 5.29. The topological polar surface area (TPSA) is 53.6 Å². The van der Waals surface area contributed by atoms with Crippen LogP contribution in [-0.4, -0.2) is 45.2 Å². The Morgan fingerprint density at radius 3 is 2.90 bits per heavy atom. The molecule has 1 unspecified atom stereocenters. The first kappa shape index (κ1) is 15.6. The Kier molecular flexibility index (Phi) is 5.44. The van der Waals surface area contributed by atoms with E-state index in [2.05, 4.69) is 22.8 Å². The summed E-state index contributed by atoms with van der Waals surface area (Å²) in [4.78, 5) is 13.0. The number of hydrogen-bond acceptors (Lipinski definition) is 3. The standard InChI is InChI=1S/C16H25N3O2/c1-19(2)16(20)18-10-9-17-15-6-4-5-12-11-13(21-3)7-8-14(12)15/h7-8,11,15,17H,4-6,9-10H2,1-3H3,(H,18,20). The lowest BCUT2D eigenvalue weighted by Crippen LogP contribution is -2.39. The Labute approximate surface area is 126 Å². The van der Waals surface area contributed by atoms with Crippen LogP contribution in [0.1, 0.15) is 30.0 Å². The fourth-order valence-electron chi connectivity index (χ4n) is 2.70. The Morgan fingerprint density at radius 2 is 2.19 bits per heavy atom. The highest BCUT2D eigenvalue weighted by Crippen LogP contribution is 2.31. The van der Waals surface area contributed by atoms with Gasteiger partial charge in [-0.2, -0.15) is 0 Å². The van der Waals surface area contributed by atoms with Crippen molar-refractivity contribution in [1.82, 2.24) is 15.5 Å². The Hall–Kier alpha value is -1.75. The molecule has 0 fully saturated rings. The molecule has 0 aliphatic heterocycles. The molecule has 0 saturated carbocycles. The van der Waals surface area contributed by atoms with Crippen molar-refractivity contribution in [2.24, 2.45) is 0 Å². The van der Waals surface area contributed by atoms with Gasteiger partial charge in [0.2, 0.25) is 0 Å². The third-order valence-electron chi connectivity index (χ3n) is 3.86. The molecule has 1 aromatic rings. The number of methoxy groups -OCH3 is 1. The largest absolute Gasteiger partial charge is 0.497 e. The van der Waals surface area contributed by atoms with Gasteiger partial charge in [-0.1, -0.05) is 6.07 Å². The minimum Gasteiger partial charge on any atom is -0.497 e. The lowest BCUT2D eigenvalue weighted by molar-refractivity contribution is 0.217. The van der Waals surface area contributed by atoms with Gasteiger partial charge < -0.3 is 20.3 Å². The molecule has 1 aromatic carbocycles. The van der Waals surface area contributed by atoms with E-state index < -0.39 is 0 Å². The number of nitrogens with zero attached hydrogens (tertiary/aromatic N) is 1. The zero-order valence-corrected chi connectivity index (χ0v) is 13.1. The summed E-state index contributed by atoms with van der Waals surface area (Å²) in [6.45, 7) is 1.41. The van der Waals surface area contributed by atoms with E-state index in [1.54, 1.807) is 26.1 Å². The number of ether oxygens (including phenoxy) is 1. The SMILES string of the molecule is COc1ccc2c(c1)CCCC2NCCNC(=O)N(C)C. The van der Waals surface area contributed by atoms with Gasteiger partial charge in [-0.05, 0) is 42.5 Å². The predicted octanol–water partition coefficient (Wildman–Crippen LogP) is 1.93. The molecule has 0 saturated heterocycles. The number of aryl methyl sites for hydroxylation is 1. The van der Waals surface area contributed by atoms with Gasteiger partial charge in [0.15, 0.2) is 0 Å². The third kappa shape index (κ3) is 4.11. The summed E-state index contributed by atoms with van der Waals surface area (Å²) >= 11 is 0. The minimum atomic E-state index is -0.0504. The fraction of sp³-hybridized carbons (Fsp3) is 0.562. The second-order valence-corrected chi connectivity index (χ2v) is 5.59. The van der Waals surface area contributed by atoms with Crippen LogP contribution in [0.5, 0.6) is 5.75 Å². The Bertz CT molecular complexity index is 488. The number of nitrogens with one attached hydrogen (secondary N) is 2. The van der Waals surface area contributed by atoms with Gasteiger partial charge in [0.25, 0.3) is 0 Å². The fourth-order valence-corrected chi connectivity index (χ4v) is 2.70. The number of benzene rings is 1. The van der Waals surface area contributed by atoms with Crippen LogP contribution in [-0.2, 0) is 6.42 Å². The van der Waals surface area contributed by atoms with E-state index in [1.165, 1.54) is 17.5 Å². The number of fused-ring (bicyclic) bond motifs is 1. The average molecular weight is 291 g/mol. The van der Waals surface area contributed by atoms with Crippen LogP contribution in [0.15, 0.2) is 18.2 Å². The highest BCUT2D eigenvalue weighted by molar-refractivity contribution is 5.73. The summed E-state index contributed by atoms with van der Waals surface area (Å²) in [7, 11) is 5.19. The summed E-state index contributed by atoms with van der Waals surface area (Å²) in [6, 6.07) is 6.63. The molecule has 2 amide bonds. The van der Waals surface area contributed by atoms with Crippen molar-refractivity contribution in [3.63, 3.8) is 0 Å². The van der Waals surface area contributed by atoms with Crippen molar-refractivity contribution in [2.45, 2.75) is 25.3 Å². The molecule has 21 heavy (non-hydrogen) atoms. The van der Waals surface area contributed by atoms with Gasteiger partial charge in [-0.15, -0.1) is 0 Å². The highest BCUT2D eigenvalue weighted by Gasteiger charge is 2.19. The van der Waals surface area contributed by atoms with Crippen LogP contribution in [0.3, 0.4) is 0 Å². The molecule has 1 atom stereocenters. The van der Waals surface area contributed by atoms with E-state index in [-0.39, 0.29) is 6.03 Å². The molecule has 0 bridgehead atoms. The van der Waals surface area contributed by atoms with Gasteiger partial charge in [-0.3, -0.25) is 0 Å². The van der Waals surface area contributed by atoms with Crippen molar-refractivity contribution in [1.29, 1.82) is 0 Å². The molecule has 1 aliphatic rings. The number of carbonyl (C=O) groups excluding carboxylic acids is 1. The number of carbonyl (C=O) groups is 1. The molecule has 5 heteroatoms. The van der Waals surface area contributed by atoms with Gasteiger partial charge >= 0.3 is 6.03 Å². The molecule has 0 aromatic heterocycles. The number of rotatable bonds is 5. The normalized spacial score (nSPS) is 17.0. The molecule has 1 aliphatic carbocycles. The Morgan fingerprint density at radius 1 is 1.38 bits per heavy atom. The Balaban J connectivity index is 1.87. The van der Waals surface area contributed by atoms with Crippen molar-refractivity contribution < 1.29 is 9.53 Å². The lowest BCUT2D eigenvalue weighted by Gasteiger charge is -2.27. The van der Waals surface area contributed by atoms with Crippen molar-refractivity contribution in [3.8, 4) is 5.75 Å². The maximum atomic E-state index is 11.4. The second kappa shape index (κ2) is 7.31. The molecule has 2 rings (SSSR count). The van der Waals surface area contributed by atoms with Crippen molar-refractivity contribution in [3.05, 3.63) is 29.3 Å². The van der Waals surface area contributed by atoms with E-state index in [0.717, 1.165) is 25.1 Å². The van der Waals surface area contributed by atoms with Crippen LogP contribution < -0.4 is 15.4 Å². The smallest absolute Gasteiger partial charge is 0.316 e. The molecular formula is C16H25N3O2. The van der Waals surface area contributed by atoms with Crippen LogP contribution in [0.2, 0.25) is 0 Å². The van der Waals surface area contributed by atoms with E-state index in [9.17, 15) is 4.79 Å². The van der Waals surface area contributed by atoms with Crippen molar-refractivity contribution in [2.75, 3.05) is 34.3 Å². The van der Waals surface area contributed by atoms with Gasteiger partial charge in [0.1, 0.15) is 5.75 Å². The van der Waals surface area contributed by atoms with E-state index in [0.29, 0.717) is 12.6 Å². The van der Waals surface area contributed by atoms with E-state index in [1.807, 2.05) is 6.07 Å². The molecule has 5 nitrogen and oxygen atoms in total. The van der Waals surface area contributed by atoms with E-state index >= 15 is 0 Å². The zero-order valence-electron chi connectivity index (χ0n) is 13.1. The molecular weight excluding hydrogens is 266 g/mol. The third-order valence-corrected chi connectivity index (χ3v) is 3.86. The molecule has 0 heterocycles. The van der Waals surface area contributed by atoms with Gasteiger partial charge in [0, 0.05) is 33.2 Å². The number of hydrogen-bond donors (Lipinski definition) is 2. The quantitative estimate of drug-likeness (QED) is 0.815. The van der Waals surface area contributed by atoms with Crippen LogP contribution in [0.4, 0.5) is 4.79 Å². The average Bonchev–Trinajstić information content (AvgIpc) is 2.50. The second-order valence-electron chi connectivity index (χ2n) is 5.59. The number of amides is 2. The van der Waals surface area contributed by atoms with Crippen molar-refractivity contribution >= 4 is 6.03 Å².